The van der Waals surface area contributed by atoms with Crippen LogP contribution in [0.2, 0.25) is 0 Å². The van der Waals surface area contributed by atoms with Gasteiger partial charge in [-0.25, -0.2) is 4.98 Å². The zero-order valence-electron chi connectivity index (χ0n) is 23.3. The van der Waals surface area contributed by atoms with Gasteiger partial charge in [-0.15, -0.1) is 11.3 Å². The molecule has 1 fully saturated rings. The molecule has 2 aromatic carbocycles. The van der Waals surface area contributed by atoms with Gasteiger partial charge in [0.2, 0.25) is 6.29 Å². The van der Waals surface area contributed by atoms with E-state index in [4.69, 9.17) is 30.1 Å². The van der Waals surface area contributed by atoms with E-state index >= 15 is 0 Å². The molecule has 0 saturated carbocycles. The Hall–Kier alpha value is -3.14. The molecule has 3 unspecified atom stereocenters. The molecule has 39 heavy (non-hydrogen) atoms. The Kier molecular flexibility index (Phi) is 10.2. The minimum absolute atomic E-state index is 0.0594. The Balaban J connectivity index is 1.41. The molecular weight excluding hydrogens is 512 g/mol. The van der Waals surface area contributed by atoms with Crippen LogP contribution in [0.5, 0.6) is 11.5 Å². The Labute approximate surface area is 235 Å². The van der Waals surface area contributed by atoms with Gasteiger partial charge in [0.15, 0.2) is 5.84 Å². The molecule has 1 aliphatic heterocycles. The first-order valence-electron chi connectivity index (χ1n) is 13.7. The van der Waals surface area contributed by atoms with E-state index < -0.39 is 6.29 Å². The lowest BCUT2D eigenvalue weighted by molar-refractivity contribution is -0.0674. The Morgan fingerprint density at radius 2 is 1.72 bits per heavy atom. The van der Waals surface area contributed by atoms with Gasteiger partial charge >= 0.3 is 0 Å². The molecule has 1 saturated heterocycles. The minimum atomic E-state index is -0.430. The van der Waals surface area contributed by atoms with Gasteiger partial charge in [-0.1, -0.05) is 18.5 Å². The van der Waals surface area contributed by atoms with E-state index in [1.165, 1.54) is 4.88 Å². The summed E-state index contributed by atoms with van der Waals surface area (Å²) in [5.41, 5.74) is 8.44. The van der Waals surface area contributed by atoms with Crippen molar-refractivity contribution in [1.82, 2.24) is 9.88 Å². The summed E-state index contributed by atoms with van der Waals surface area (Å²) in [6, 6.07) is 15.2. The van der Waals surface area contributed by atoms with E-state index in [2.05, 4.69) is 49.9 Å². The molecule has 0 bridgehead atoms. The first-order valence-corrected chi connectivity index (χ1v) is 14.5. The van der Waals surface area contributed by atoms with Gasteiger partial charge in [0, 0.05) is 42.1 Å². The number of morpholine rings is 1. The fraction of sp³-hybridized carbons (Fsp3) is 0.467. The topological polar surface area (TPSA) is 102 Å². The van der Waals surface area contributed by atoms with E-state index in [0.29, 0.717) is 11.3 Å². The summed E-state index contributed by atoms with van der Waals surface area (Å²) >= 11 is 1.78. The average Bonchev–Trinajstić information content (AvgIpc) is 3.30. The lowest BCUT2D eigenvalue weighted by Crippen LogP contribution is -2.46. The molecule has 0 radical (unpaired) electrons. The normalized spacial score (nSPS) is 19.1. The number of hydrogen-bond acceptors (Lipinski definition) is 8. The van der Waals surface area contributed by atoms with Crippen molar-refractivity contribution >= 4 is 17.2 Å². The standard InChI is InChI=1S/C30H40N4O4S/c1-5-6-7-28(38-26-14-10-24(11-15-26)30(31)33-35)37-25-12-8-23(9-13-25)29-27(39-22(4)32-29)16-17-34-18-20(2)36-21(3)19-34/h8-15,20-21,28,35H,5-7,16-19H2,1-4H3,(H2,31,33). The predicted octanol–water partition coefficient (Wildman–Crippen LogP) is 5.84. The molecule has 0 aliphatic carbocycles. The molecule has 0 spiro atoms. The monoisotopic (exact) mass is 552 g/mol. The van der Waals surface area contributed by atoms with E-state index in [9.17, 15) is 0 Å². The first-order chi connectivity index (χ1) is 18.8. The van der Waals surface area contributed by atoms with Crippen LogP contribution in [-0.2, 0) is 11.2 Å². The summed E-state index contributed by atoms with van der Waals surface area (Å²) in [4.78, 5) is 8.67. The highest BCUT2D eigenvalue weighted by Crippen LogP contribution is 2.31. The lowest BCUT2D eigenvalue weighted by Gasteiger charge is -2.35. The number of ether oxygens (including phenoxy) is 3. The van der Waals surface area contributed by atoms with Crippen LogP contribution >= 0.6 is 11.3 Å². The molecule has 1 aliphatic rings. The molecule has 3 N–H and O–H groups in total. The van der Waals surface area contributed by atoms with Gasteiger partial charge in [0.1, 0.15) is 11.5 Å². The summed E-state index contributed by atoms with van der Waals surface area (Å²) in [5, 5.41) is 13.0. The van der Waals surface area contributed by atoms with Crippen LogP contribution in [0.4, 0.5) is 0 Å². The van der Waals surface area contributed by atoms with Crippen molar-refractivity contribution in [2.24, 2.45) is 10.9 Å². The highest BCUT2D eigenvalue weighted by atomic mass is 32.1. The van der Waals surface area contributed by atoms with Crippen LogP contribution in [0.25, 0.3) is 11.3 Å². The fourth-order valence-electron chi connectivity index (χ4n) is 4.86. The number of aromatic nitrogens is 1. The molecule has 4 rings (SSSR count). The Bertz CT molecular complexity index is 1200. The van der Waals surface area contributed by atoms with Crippen LogP contribution in [0, 0.1) is 6.92 Å². The molecule has 3 atom stereocenters. The second kappa shape index (κ2) is 13.8. The summed E-state index contributed by atoms with van der Waals surface area (Å²) in [7, 11) is 0. The number of oxime groups is 1. The van der Waals surface area contributed by atoms with Crippen molar-refractivity contribution in [3.63, 3.8) is 0 Å². The number of nitrogens with two attached hydrogens (primary N) is 1. The maximum absolute atomic E-state index is 8.87. The second-order valence-electron chi connectivity index (χ2n) is 10.1. The summed E-state index contributed by atoms with van der Waals surface area (Å²) in [6.07, 6.45) is 3.86. The fourth-order valence-corrected chi connectivity index (χ4v) is 5.81. The van der Waals surface area contributed by atoms with Crippen molar-refractivity contribution in [1.29, 1.82) is 0 Å². The molecular formula is C30H40N4O4S. The van der Waals surface area contributed by atoms with Crippen LogP contribution in [0.3, 0.4) is 0 Å². The van der Waals surface area contributed by atoms with Crippen LogP contribution in [0.15, 0.2) is 53.7 Å². The number of amidine groups is 1. The van der Waals surface area contributed by atoms with Crippen molar-refractivity contribution in [3.8, 4) is 22.8 Å². The first kappa shape index (κ1) is 28.9. The second-order valence-corrected chi connectivity index (χ2v) is 11.4. The molecule has 210 valence electrons. The highest BCUT2D eigenvalue weighted by molar-refractivity contribution is 7.12. The van der Waals surface area contributed by atoms with Crippen molar-refractivity contribution in [2.45, 2.75) is 71.9 Å². The molecule has 9 heteroatoms. The Morgan fingerprint density at radius 1 is 1.10 bits per heavy atom. The maximum atomic E-state index is 8.87. The third-order valence-electron chi connectivity index (χ3n) is 6.67. The Morgan fingerprint density at radius 3 is 2.31 bits per heavy atom. The smallest absolute Gasteiger partial charge is 0.241 e. The SMILES string of the molecule is CCCCC(Oc1ccc(C(N)=NO)cc1)Oc1ccc(-c2nc(C)sc2CCN2CC(C)OC(C)C2)cc1. The zero-order chi connectivity index (χ0) is 27.8. The number of aryl methyl sites for hydroxylation is 1. The maximum Gasteiger partial charge on any atom is 0.241 e. The van der Waals surface area contributed by atoms with Crippen LogP contribution < -0.4 is 15.2 Å². The average molecular weight is 553 g/mol. The number of rotatable bonds is 12. The molecule has 0 amide bonds. The van der Waals surface area contributed by atoms with Gasteiger partial charge in [0.05, 0.1) is 22.9 Å². The molecule has 1 aromatic heterocycles. The summed E-state index contributed by atoms with van der Waals surface area (Å²) in [5.74, 6) is 1.47. The quantitative estimate of drug-likeness (QED) is 0.0957. The largest absolute Gasteiger partial charge is 0.455 e. The lowest BCUT2D eigenvalue weighted by atomic mass is 10.1. The van der Waals surface area contributed by atoms with Crippen molar-refractivity contribution in [3.05, 3.63) is 64.0 Å². The van der Waals surface area contributed by atoms with E-state index in [0.717, 1.165) is 67.3 Å². The number of thiazole rings is 1. The minimum Gasteiger partial charge on any atom is -0.455 e. The highest BCUT2D eigenvalue weighted by Gasteiger charge is 2.23. The summed E-state index contributed by atoms with van der Waals surface area (Å²) in [6.45, 7) is 11.5. The van der Waals surface area contributed by atoms with Crippen LogP contribution in [0.1, 0.15) is 55.5 Å². The third-order valence-corrected chi connectivity index (χ3v) is 7.70. The predicted molar refractivity (Wildman–Crippen MR) is 156 cm³/mol. The van der Waals surface area contributed by atoms with Gasteiger partial charge in [0.25, 0.3) is 0 Å². The van der Waals surface area contributed by atoms with Gasteiger partial charge in [-0.3, -0.25) is 4.90 Å². The van der Waals surface area contributed by atoms with Gasteiger partial charge in [-0.05, 0) is 82.1 Å². The van der Waals surface area contributed by atoms with Crippen molar-refractivity contribution < 1.29 is 19.4 Å². The summed E-state index contributed by atoms with van der Waals surface area (Å²) < 4.78 is 18.3. The molecule has 3 aromatic rings. The number of unbranched alkanes of at least 4 members (excludes halogenated alkanes) is 1. The zero-order valence-corrected chi connectivity index (χ0v) is 24.1. The third kappa shape index (κ3) is 8.17. The molecule has 2 heterocycles. The van der Waals surface area contributed by atoms with Crippen molar-refractivity contribution in [2.75, 3.05) is 19.6 Å². The van der Waals surface area contributed by atoms with E-state index in [-0.39, 0.29) is 18.0 Å². The number of nitrogens with zero attached hydrogens (tertiary/aromatic N) is 3. The van der Waals surface area contributed by atoms with Gasteiger partial charge in [-0.2, -0.15) is 0 Å². The number of hydrogen-bond donors (Lipinski definition) is 2. The molecule has 8 nitrogen and oxygen atoms in total. The van der Waals surface area contributed by atoms with E-state index in [1.54, 1.807) is 35.6 Å². The van der Waals surface area contributed by atoms with E-state index in [1.807, 2.05) is 12.1 Å². The van der Waals surface area contributed by atoms with Gasteiger partial charge < -0.3 is 25.2 Å². The van der Waals surface area contributed by atoms with Crippen LogP contribution in [-0.4, -0.2) is 59.1 Å². The number of benzene rings is 2.